The number of Topliss-reactive ketones (excluding diaryl/α,β-unsaturated/α-hetero) is 1. The zero-order valence-corrected chi connectivity index (χ0v) is 10.2. The van der Waals surface area contributed by atoms with Gasteiger partial charge in [0.05, 0.1) is 6.04 Å². The molecule has 0 saturated heterocycles. The fourth-order valence-corrected chi connectivity index (χ4v) is 1.51. The zero-order valence-electron chi connectivity index (χ0n) is 10.2. The average Bonchev–Trinajstić information content (AvgIpc) is 2.26. The summed E-state index contributed by atoms with van der Waals surface area (Å²) in [6.45, 7) is 6.93. The van der Waals surface area contributed by atoms with Crippen molar-refractivity contribution in [2.24, 2.45) is 0 Å². The van der Waals surface area contributed by atoms with Gasteiger partial charge in [0.15, 0.2) is 0 Å². The Morgan fingerprint density at radius 1 is 1.20 bits per heavy atom. The van der Waals surface area contributed by atoms with Crippen molar-refractivity contribution < 1.29 is 9.59 Å². The molecule has 0 aromatic rings. The van der Waals surface area contributed by atoms with Crippen molar-refractivity contribution in [3.63, 3.8) is 0 Å². The molecule has 4 heteroatoms. The maximum atomic E-state index is 11.8. The second-order valence-corrected chi connectivity index (χ2v) is 3.47. The minimum absolute atomic E-state index is 0.317. The Labute approximate surface area is 92.0 Å². The number of hydrogen-bond donors (Lipinski definition) is 1. The number of carbonyl (C=O) groups is 2. The first-order chi connectivity index (χ1) is 7.12. The molecule has 1 N–H and O–H groups in total. The lowest BCUT2D eigenvalue weighted by molar-refractivity contribution is -0.145. The molecule has 0 aliphatic heterocycles. The topological polar surface area (TPSA) is 49.4 Å². The second-order valence-electron chi connectivity index (χ2n) is 3.47. The summed E-state index contributed by atoms with van der Waals surface area (Å²) in [4.78, 5) is 25.0. The Morgan fingerprint density at radius 3 is 2.07 bits per heavy atom. The van der Waals surface area contributed by atoms with Crippen LogP contribution in [0.2, 0.25) is 0 Å². The third-order valence-electron chi connectivity index (χ3n) is 2.50. The van der Waals surface area contributed by atoms with E-state index in [0.29, 0.717) is 19.5 Å². The molecule has 0 aliphatic carbocycles. The quantitative estimate of drug-likeness (QED) is 0.638. The average molecular weight is 214 g/mol. The smallest absolute Gasteiger partial charge is 0.291 e. The van der Waals surface area contributed by atoms with E-state index in [2.05, 4.69) is 5.32 Å². The van der Waals surface area contributed by atoms with Crippen LogP contribution >= 0.6 is 0 Å². The molecule has 0 radical (unpaired) electrons. The van der Waals surface area contributed by atoms with Crippen LogP contribution < -0.4 is 5.32 Å². The van der Waals surface area contributed by atoms with Crippen molar-refractivity contribution in [1.82, 2.24) is 10.2 Å². The van der Waals surface area contributed by atoms with Gasteiger partial charge in [-0.1, -0.05) is 13.3 Å². The molecule has 0 fully saturated rings. The van der Waals surface area contributed by atoms with Gasteiger partial charge in [-0.05, 0) is 27.3 Å². The normalized spacial score (nSPS) is 12.3. The summed E-state index contributed by atoms with van der Waals surface area (Å²) in [5.74, 6) is -0.684. The van der Waals surface area contributed by atoms with Gasteiger partial charge in [0.25, 0.3) is 5.91 Å². The first-order valence-corrected chi connectivity index (χ1v) is 5.62. The van der Waals surface area contributed by atoms with Crippen LogP contribution in [0.4, 0.5) is 0 Å². The predicted octanol–water partition coefficient (Wildman–Crippen LogP) is 0.812. The Kier molecular flexibility index (Phi) is 6.96. The molecule has 15 heavy (non-hydrogen) atoms. The van der Waals surface area contributed by atoms with E-state index < -0.39 is 0 Å². The van der Waals surface area contributed by atoms with Crippen LogP contribution in [-0.2, 0) is 9.59 Å². The van der Waals surface area contributed by atoms with Gasteiger partial charge in [-0.15, -0.1) is 0 Å². The molecule has 0 aromatic carbocycles. The molecule has 0 spiro atoms. The van der Waals surface area contributed by atoms with Gasteiger partial charge >= 0.3 is 0 Å². The summed E-state index contributed by atoms with van der Waals surface area (Å²) in [6, 6.07) is -0.330. The largest absolute Gasteiger partial charge is 0.337 e. The number of nitrogens with zero attached hydrogens (tertiary/aromatic N) is 1. The Morgan fingerprint density at radius 2 is 1.73 bits per heavy atom. The lowest BCUT2D eigenvalue weighted by Crippen LogP contribution is -2.45. The van der Waals surface area contributed by atoms with Crippen LogP contribution in [0.5, 0.6) is 0 Å². The number of carbonyl (C=O) groups excluding carboxylic acids is 2. The second kappa shape index (κ2) is 7.40. The lowest BCUT2D eigenvalue weighted by atomic mass is 10.1. The number of hydrogen-bond acceptors (Lipinski definition) is 3. The number of ketones is 1. The number of rotatable bonds is 7. The van der Waals surface area contributed by atoms with Crippen LogP contribution in [0, 0.1) is 0 Å². The van der Waals surface area contributed by atoms with Crippen LogP contribution in [0.25, 0.3) is 0 Å². The molecule has 0 aromatic heterocycles. The third kappa shape index (κ3) is 4.00. The number of likely N-dealkylation sites (N-methyl/N-ethyl adjacent to an activating group) is 2. The van der Waals surface area contributed by atoms with Crippen LogP contribution in [0.1, 0.15) is 33.6 Å². The van der Waals surface area contributed by atoms with Crippen LogP contribution in [0.15, 0.2) is 0 Å². The highest BCUT2D eigenvalue weighted by molar-refractivity contribution is 6.38. The molecular formula is C11H22N2O2. The van der Waals surface area contributed by atoms with Gasteiger partial charge < -0.3 is 10.2 Å². The highest BCUT2D eigenvalue weighted by Gasteiger charge is 2.26. The minimum Gasteiger partial charge on any atom is -0.337 e. The fraction of sp³-hybridized carbons (Fsp3) is 0.818. The molecule has 1 amide bonds. The van der Waals surface area contributed by atoms with Gasteiger partial charge in [0.1, 0.15) is 0 Å². The van der Waals surface area contributed by atoms with E-state index in [1.807, 2.05) is 20.8 Å². The molecule has 1 unspecified atom stereocenters. The number of nitrogens with one attached hydrogen (secondary N) is 1. The van der Waals surface area contributed by atoms with Crippen molar-refractivity contribution in [3.8, 4) is 0 Å². The van der Waals surface area contributed by atoms with Gasteiger partial charge in [0.2, 0.25) is 5.78 Å². The number of amides is 1. The standard InChI is InChI=1S/C11H22N2O2/c1-5-8-9(12-4)10(14)11(15)13(6-2)7-3/h9,12H,5-8H2,1-4H3. The van der Waals surface area contributed by atoms with E-state index in [1.165, 1.54) is 0 Å². The van der Waals surface area contributed by atoms with Gasteiger partial charge in [-0.3, -0.25) is 9.59 Å². The molecule has 0 aliphatic rings. The summed E-state index contributed by atoms with van der Waals surface area (Å²) in [5, 5.41) is 2.89. The molecular weight excluding hydrogens is 192 g/mol. The van der Waals surface area contributed by atoms with E-state index in [0.717, 1.165) is 6.42 Å². The van der Waals surface area contributed by atoms with Crippen molar-refractivity contribution in [2.75, 3.05) is 20.1 Å². The Hall–Kier alpha value is -0.900. The van der Waals surface area contributed by atoms with E-state index in [4.69, 9.17) is 0 Å². The summed E-state index contributed by atoms with van der Waals surface area (Å²) in [7, 11) is 1.72. The molecule has 88 valence electrons. The summed E-state index contributed by atoms with van der Waals surface area (Å²) >= 11 is 0. The van der Waals surface area contributed by atoms with Crippen molar-refractivity contribution in [1.29, 1.82) is 0 Å². The van der Waals surface area contributed by atoms with E-state index in [9.17, 15) is 9.59 Å². The van der Waals surface area contributed by atoms with Crippen molar-refractivity contribution in [2.45, 2.75) is 39.7 Å². The molecule has 1 atom stereocenters. The first-order valence-electron chi connectivity index (χ1n) is 5.62. The lowest BCUT2D eigenvalue weighted by Gasteiger charge is -2.21. The van der Waals surface area contributed by atoms with Crippen LogP contribution in [-0.4, -0.2) is 42.8 Å². The first kappa shape index (κ1) is 14.1. The van der Waals surface area contributed by atoms with Gasteiger partial charge in [0, 0.05) is 13.1 Å². The maximum Gasteiger partial charge on any atom is 0.291 e. The van der Waals surface area contributed by atoms with E-state index in [1.54, 1.807) is 11.9 Å². The Balaban J connectivity index is 4.45. The van der Waals surface area contributed by atoms with Crippen molar-refractivity contribution in [3.05, 3.63) is 0 Å². The summed E-state index contributed by atoms with van der Waals surface area (Å²) in [5.41, 5.74) is 0. The molecule has 0 bridgehead atoms. The van der Waals surface area contributed by atoms with Crippen molar-refractivity contribution >= 4 is 11.7 Å². The predicted molar refractivity (Wildman–Crippen MR) is 60.7 cm³/mol. The summed E-state index contributed by atoms with van der Waals surface area (Å²) in [6.07, 6.45) is 1.60. The van der Waals surface area contributed by atoms with E-state index in [-0.39, 0.29) is 17.7 Å². The highest BCUT2D eigenvalue weighted by atomic mass is 16.2. The van der Waals surface area contributed by atoms with Gasteiger partial charge in [-0.2, -0.15) is 0 Å². The minimum atomic E-state index is -0.368. The van der Waals surface area contributed by atoms with Gasteiger partial charge in [-0.25, -0.2) is 0 Å². The fourth-order valence-electron chi connectivity index (χ4n) is 1.51. The molecule has 4 nitrogen and oxygen atoms in total. The SMILES string of the molecule is CCCC(NC)C(=O)C(=O)N(CC)CC. The maximum absolute atomic E-state index is 11.8. The van der Waals surface area contributed by atoms with E-state index >= 15 is 0 Å². The summed E-state index contributed by atoms with van der Waals surface area (Å²) < 4.78 is 0. The monoisotopic (exact) mass is 214 g/mol. The molecule has 0 heterocycles. The van der Waals surface area contributed by atoms with Crippen LogP contribution in [0.3, 0.4) is 0 Å². The zero-order chi connectivity index (χ0) is 11.8. The molecule has 0 saturated carbocycles. The third-order valence-corrected chi connectivity index (χ3v) is 2.50. The Bertz CT molecular complexity index is 213. The molecule has 0 rings (SSSR count). The highest BCUT2D eigenvalue weighted by Crippen LogP contribution is 2.01.